The Kier molecular flexibility index (Phi) is 4.26. The van der Waals surface area contributed by atoms with Crippen LogP contribution in [-0.2, 0) is 11.3 Å². The number of alkyl carbamates (subject to hydrolysis) is 1. The molecule has 0 fully saturated rings. The number of para-hydroxylation sites is 1. The molecule has 0 spiro atoms. The number of H-pyrrole nitrogens is 1. The number of aromatic nitrogens is 4. The predicted molar refractivity (Wildman–Crippen MR) is 92.6 cm³/mol. The molecule has 2 aromatic heterocycles. The topological polar surface area (TPSA) is 102 Å². The zero-order valence-electron chi connectivity index (χ0n) is 14.2. The van der Waals surface area contributed by atoms with E-state index in [0.717, 1.165) is 5.69 Å². The zero-order chi connectivity index (χ0) is 18.0. The molecule has 0 bridgehead atoms. The maximum absolute atomic E-state index is 12.2. The summed E-state index contributed by atoms with van der Waals surface area (Å²) in [5.41, 5.74) is 0.312. The fraction of sp³-hybridized carbons (Fsp3) is 0.294. The Morgan fingerprint density at radius 1 is 1.28 bits per heavy atom. The van der Waals surface area contributed by atoms with Gasteiger partial charge >= 0.3 is 6.09 Å². The van der Waals surface area contributed by atoms with Gasteiger partial charge in [-0.1, -0.05) is 18.2 Å². The highest BCUT2D eigenvalue weighted by molar-refractivity contribution is 5.75. The molecule has 0 saturated carbocycles. The third-order valence-corrected chi connectivity index (χ3v) is 3.29. The fourth-order valence-corrected chi connectivity index (χ4v) is 2.28. The first kappa shape index (κ1) is 16.7. The molecule has 1 amide bonds. The SMILES string of the molecule is CC(C)(C)OC(=O)NCc1nc2c(cnn2-c2ccccc2)c(=O)[nH]1. The highest BCUT2D eigenvalue weighted by Gasteiger charge is 2.17. The van der Waals surface area contributed by atoms with E-state index in [1.165, 1.54) is 6.20 Å². The molecule has 0 saturated heterocycles. The Morgan fingerprint density at radius 2 is 2.00 bits per heavy atom. The number of carbonyl (C=O) groups excluding carboxylic acids is 1. The predicted octanol–water partition coefficient (Wildman–Crippen LogP) is 2.13. The van der Waals surface area contributed by atoms with Gasteiger partial charge in [0.25, 0.3) is 5.56 Å². The van der Waals surface area contributed by atoms with Gasteiger partial charge in [0.15, 0.2) is 5.65 Å². The van der Waals surface area contributed by atoms with E-state index in [1.54, 1.807) is 25.5 Å². The summed E-state index contributed by atoms with van der Waals surface area (Å²) >= 11 is 0. The molecule has 1 aromatic carbocycles. The number of amides is 1. The molecule has 0 aliphatic heterocycles. The number of ether oxygens (including phenoxy) is 1. The summed E-state index contributed by atoms with van der Waals surface area (Å²) < 4.78 is 6.75. The Balaban J connectivity index is 1.88. The monoisotopic (exact) mass is 341 g/mol. The average Bonchev–Trinajstić information content (AvgIpc) is 2.97. The van der Waals surface area contributed by atoms with E-state index in [2.05, 4.69) is 20.4 Å². The average molecular weight is 341 g/mol. The van der Waals surface area contributed by atoms with Crippen LogP contribution < -0.4 is 10.9 Å². The molecule has 0 aliphatic carbocycles. The Bertz CT molecular complexity index is 954. The molecule has 3 rings (SSSR count). The lowest BCUT2D eigenvalue weighted by molar-refractivity contribution is 0.0522. The summed E-state index contributed by atoms with van der Waals surface area (Å²) in [6.45, 7) is 5.37. The van der Waals surface area contributed by atoms with Crippen LogP contribution in [0.15, 0.2) is 41.3 Å². The first-order valence-electron chi connectivity index (χ1n) is 7.83. The van der Waals surface area contributed by atoms with E-state index in [4.69, 9.17) is 4.74 Å². The standard InChI is InChI=1S/C17H19N5O3/c1-17(2,3)25-16(24)18-10-13-20-14-12(15(23)21-13)9-19-22(14)11-7-5-4-6-8-11/h4-9H,10H2,1-3H3,(H,18,24)(H,20,21,23). The highest BCUT2D eigenvalue weighted by Crippen LogP contribution is 2.13. The number of benzene rings is 1. The van der Waals surface area contributed by atoms with E-state index in [-0.39, 0.29) is 12.1 Å². The van der Waals surface area contributed by atoms with E-state index >= 15 is 0 Å². The van der Waals surface area contributed by atoms with Crippen LogP contribution in [0.2, 0.25) is 0 Å². The Labute approximate surface area is 143 Å². The van der Waals surface area contributed by atoms with Crippen LogP contribution in [0.5, 0.6) is 0 Å². The van der Waals surface area contributed by atoms with Gasteiger partial charge in [0.05, 0.1) is 18.4 Å². The number of hydrogen-bond donors (Lipinski definition) is 2. The molecular weight excluding hydrogens is 322 g/mol. The lowest BCUT2D eigenvalue weighted by Crippen LogP contribution is -2.33. The van der Waals surface area contributed by atoms with Gasteiger partial charge in [-0.2, -0.15) is 5.10 Å². The van der Waals surface area contributed by atoms with Crippen molar-refractivity contribution in [3.8, 4) is 5.69 Å². The second-order valence-corrected chi connectivity index (χ2v) is 6.50. The smallest absolute Gasteiger partial charge is 0.408 e. The van der Waals surface area contributed by atoms with Gasteiger partial charge in [0.1, 0.15) is 16.8 Å². The van der Waals surface area contributed by atoms with Crippen molar-refractivity contribution in [2.45, 2.75) is 32.9 Å². The second-order valence-electron chi connectivity index (χ2n) is 6.50. The van der Waals surface area contributed by atoms with Crippen LogP contribution in [0, 0.1) is 0 Å². The zero-order valence-corrected chi connectivity index (χ0v) is 14.2. The maximum Gasteiger partial charge on any atom is 0.408 e. The summed E-state index contributed by atoms with van der Waals surface area (Å²) in [4.78, 5) is 31.0. The van der Waals surface area contributed by atoms with Crippen molar-refractivity contribution in [2.75, 3.05) is 0 Å². The van der Waals surface area contributed by atoms with Gasteiger partial charge < -0.3 is 15.0 Å². The number of hydrogen-bond acceptors (Lipinski definition) is 5. The van der Waals surface area contributed by atoms with Crippen LogP contribution in [0.3, 0.4) is 0 Å². The summed E-state index contributed by atoms with van der Waals surface area (Å²) in [5, 5.41) is 7.19. The third kappa shape index (κ3) is 3.85. The first-order chi connectivity index (χ1) is 11.8. The van der Waals surface area contributed by atoms with Crippen molar-refractivity contribution in [3.63, 3.8) is 0 Å². The van der Waals surface area contributed by atoms with Gasteiger partial charge in [-0.25, -0.2) is 14.5 Å². The molecule has 130 valence electrons. The van der Waals surface area contributed by atoms with Gasteiger partial charge in [0, 0.05) is 0 Å². The Hall–Kier alpha value is -3.16. The number of nitrogens with one attached hydrogen (secondary N) is 2. The summed E-state index contributed by atoms with van der Waals surface area (Å²) in [5.74, 6) is 0.320. The van der Waals surface area contributed by atoms with Crippen LogP contribution in [0.1, 0.15) is 26.6 Å². The molecule has 3 aromatic rings. The summed E-state index contributed by atoms with van der Waals surface area (Å²) in [6, 6.07) is 9.38. The van der Waals surface area contributed by atoms with E-state index in [1.807, 2.05) is 30.3 Å². The van der Waals surface area contributed by atoms with Gasteiger partial charge in [-0.3, -0.25) is 4.79 Å². The normalized spacial score (nSPS) is 11.5. The molecule has 2 N–H and O–H groups in total. The molecular formula is C17H19N5O3. The molecule has 8 heteroatoms. The van der Waals surface area contributed by atoms with Gasteiger partial charge in [-0.05, 0) is 32.9 Å². The summed E-state index contributed by atoms with van der Waals surface area (Å²) in [6.07, 6.45) is 0.894. The van der Waals surface area contributed by atoms with Crippen molar-refractivity contribution in [2.24, 2.45) is 0 Å². The Morgan fingerprint density at radius 3 is 2.68 bits per heavy atom. The number of rotatable bonds is 3. The van der Waals surface area contributed by atoms with Gasteiger partial charge in [-0.15, -0.1) is 0 Å². The molecule has 0 radical (unpaired) electrons. The number of aromatic amines is 1. The minimum atomic E-state index is -0.596. The highest BCUT2D eigenvalue weighted by atomic mass is 16.6. The van der Waals surface area contributed by atoms with Crippen LogP contribution in [-0.4, -0.2) is 31.4 Å². The van der Waals surface area contributed by atoms with Crippen molar-refractivity contribution in [1.82, 2.24) is 25.1 Å². The minimum absolute atomic E-state index is 0.0417. The van der Waals surface area contributed by atoms with E-state index < -0.39 is 11.7 Å². The van der Waals surface area contributed by atoms with Crippen LogP contribution >= 0.6 is 0 Å². The van der Waals surface area contributed by atoms with Crippen molar-refractivity contribution in [1.29, 1.82) is 0 Å². The van der Waals surface area contributed by atoms with Crippen LogP contribution in [0.25, 0.3) is 16.7 Å². The lowest BCUT2D eigenvalue weighted by Gasteiger charge is -2.19. The van der Waals surface area contributed by atoms with Crippen LogP contribution in [0.4, 0.5) is 4.79 Å². The number of nitrogens with zero attached hydrogens (tertiary/aromatic N) is 3. The second kappa shape index (κ2) is 6.39. The van der Waals surface area contributed by atoms with Crippen molar-refractivity contribution < 1.29 is 9.53 Å². The molecule has 0 atom stereocenters. The quantitative estimate of drug-likeness (QED) is 0.760. The molecule has 8 nitrogen and oxygen atoms in total. The number of fused-ring (bicyclic) bond motifs is 1. The minimum Gasteiger partial charge on any atom is -0.444 e. The lowest BCUT2D eigenvalue weighted by atomic mass is 10.2. The number of carbonyl (C=O) groups is 1. The first-order valence-corrected chi connectivity index (χ1v) is 7.83. The summed E-state index contributed by atoms with van der Waals surface area (Å²) in [7, 11) is 0. The van der Waals surface area contributed by atoms with E-state index in [9.17, 15) is 9.59 Å². The maximum atomic E-state index is 12.2. The molecule has 0 aliphatic rings. The molecule has 25 heavy (non-hydrogen) atoms. The molecule has 2 heterocycles. The van der Waals surface area contributed by atoms with Crippen molar-refractivity contribution in [3.05, 3.63) is 52.7 Å². The molecule has 0 unspecified atom stereocenters. The van der Waals surface area contributed by atoms with Gasteiger partial charge in [0.2, 0.25) is 0 Å². The third-order valence-electron chi connectivity index (χ3n) is 3.29. The largest absolute Gasteiger partial charge is 0.444 e. The van der Waals surface area contributed by atoms with Crippen molar-refractivity contribution >= 4 is 17.1 Å². The fourth-order valence-electron chi connectivity index (χ4n) is 2.28. The van der Waals surface area contributed by atoms with E-state index in [0.29, 0.717) is 16.9 Å².